The molecule has 0 heterocycles. The first-order valence-electron chi connectivity index (χ1n) is 37.7. The highest BCUT2D eigenvalue weighted by Gasteiger charge is 2.33. The van der Waals surface area contributed by atoms with Gasteiger partial charge in [0.25, 0.3) is 0 Å². The van der Waals surface area contributed by atoms with E-state index in [-0.39, 0.29) is 60.3 Å². The number of halogens is 1. The van der Waals surface area contributed by atoms with Crippen LogP contribution >= 0.6 is 0 Å². The number of phenolic OH excluding ortho intramolecular Hbond substituents is 1. The minimum Gasteiger partial charge on any atom is -0.508 e. The second kappa shape index (κ2) is 45.4. The van der Waals surface area contributed by atoms with Gasteiger partial charge in [-0.15, -0.1) is 0 Å². The maximum absolute atomic E-state index is 13.2. The zero-order chi connectivity index (χ0) is 76.7. The van der Waals surface area contributed by atoms with Crippen LogP contribution in [0.5, 0.6) is 23.0 Å². The number of hydrogen-bond acceptors (Lipinski definition) is 4. The van der Waals surface area contributed by atoms with Crippen molar-refractivity contribution in [1.82, 2.24) is 0 Å². The highest BCUT2D eigenvalue weighted by Crippen LogP contribution is 2.37. The molecule has 0 unspecified atom stereocenters. The number of rotatable bonds is 26. The summed E-state index contributed by atoms with van der Waals surface area (Å²) in [6.07, 6.45) is 7.19. The van der Waals surface area contributed by atoms with Gasteiger partial charge in [-0.2, -0.15) is 0 Å². The Hall–Kier alpha value is -10.8. The van der Waals surface area contributed by atoms with Crippen LogP contribution in [0.4, 0.5) is 4.39 Å². The lowest BCUT2D eigenvalue weighted by Gasteiger charge is -2.09. The molecule has 15 rings (SSSR count). The van der Waals surface area contributed by atoms with Crippen molar-refractivity contribution in [3.63, 3.8) is 0 Å². The minimum atomic E-state index is -0.196. The standard InChI is InChI=1S/C24H27OS.C22H23OS.C19H17OS.C18H14FS.C18H14OS/c1-2-3-4-11-20-25-21-16-18-24(19-17-21)26(22-12-7-5-8-13-22)23-14-9-6-10-15-23;1-2-3-18-23-19-14-16-22(17-15-19)24(20-10-6-4-7-11-20)21-12-8-5-9-13-21;1-20-16-12-14-19(15-13-16)21(17-8-4-2-5-9-17)18-10-6-3-7-11-18;2*19-15-11-13-18(14-12-15)20(16-7-3-1-4-8-16)17-9-5-2-6-10-17/h5-10,12-19H,2-4,11,20H2,1H3;4-17H,2-3,18H2,1H3;2-15H,1H3;2*1-14H/q4*+1;/p+1. The molecule has 15 aromatic carbocycles. The summed E-state index contributed by atoms with van der Waals surface area (Å²) in [4.78, 5) is 19.3. The lowest BCUT2D eigenvalue weighted by Crippen LogP contribution is -2.04. The summed E-state index contributed by atoms with van der Waals surface area (Å²) in [5.74, 6) is 2.92. The van der Waals surface area contributed by atoms with Crippen molar-refractivity contribution in [2.45, 2.75) is 126 Å². The van der Waals surface area contributed by atoms with Gasteiger partial charge in [-0.25, -0.2) is 4.39 Å². The van der Waals surface area contributed by atoms with Gasteiger partial charge in [-0.05, 0) is 255 Å². The van der Waals surface area contributed by atoms with Crippen LogP contribution in [-0.4, -0.2) is 25.4 Å². The quantitative estimate of drug-likeness (QED) is 0.0434. The lowest BCUT2D eigenvalue weighted by atomic mass is 10.2. The highest BCUT2D eigenvalue weighted by atomic mass is 32.2. The summed E-state index contributed by atoms with van der Waals surface area (Å²) in [5, 5.41) is 9.48. The van der Waals surface area contributed by atoms with Crippen molar-refractivity contribution in [2.75, 3.05) is 20.3 Å². The molecule has 0 aromatic heterocycles. The molecular formula is C101H96FO4S5+5. The molecule has 0 saturated carbocycles. The molecule has 0 radical (unpaired) electrons. The summed E-state index contributed by atoms with van der Waals surface area (Å²) < 4.78 is 30.1. The van der Waals surface area contributed by atoms with E-state index in [2.05, 4.69) is 329 Å². The molecule has 0 spiro atoms. The summed E-state index contributed by atoms with van der Waals surface area (Å²) in [6, 6.07) is 146. The van der Waals surface area contributed by atoms with E-state index in [0.717, 1.165) is 54.6 Å². The second-order valence-electron chi connectivity index (χ2n) is 25.3. The number of hydrogen-bond donors (Lipinski definition) is 1. The second-order valence-corrected chi connectivity index (χ2v) is 35.5. The molecule has 0 saturated heterocycles. The number of ether oxygens (including phenoxy) is 3. The first-order valence-corrected chi connectivity index (χ1v) is 43.8. The van der Waals surface area contributed by atoms with Gasteiger partial charge >= 0.3 is 0 Å². The van der Waals surface area contributed by atoms with Gasteiger partial charge in [0.15, 0.2) is 73.4 Å². The molecule has 0 atom stereocenters. The van der Waals surface area contributed by atoms with Crippen LogP contribution in [-0.2, 0) is 54.5 Å². The summed E-state index contributed by atoms with van der Waals surface area (Å²) in [6.45, 7) is 6.01. The average Bonchev–Trinajstić information content (AvgIpc) is 0.840. The molecule has 4 nitrogen and oxygen atoms in total. The summed E-state index contributed by atoms with van der Waals surface area (Å²) >= 11 is 0. The molecule has 111 heavy (non-hydrogen) atoms. The maximum Gasteiger partial charge on any atom is 0.166 e. The van der Waals surface area contributed by atoms with Crippen LogP contribution in [0.15, 0.2) is 498 Å². The van der Waals surface area contributed by atoms with Crippen molar-refractivity contribution in [2.24, 2.45) is 0 Å². The van der Waals surface area contributed by atoms with Gasteiger partial charge < -0.3 is 19.3 Å². The first-order chi connectivity index (χ1) is 54.8. The smallest absolute Gasteiger partial charge is 0.166 e. The van der Waals surface area contributed by atoms with E-state index in [1.807, 2.05) is 84.9 Å². The third-order valence-corrected chi connectivity index (χ3v) is 28.5. The number of phenols is 1. The van der Waals surface area contributed by atoms with Crippen LogP contribution in [0.25, 0.3) is 0 Å². The van der Waals surface area contributed by atoms with Crippen molar-refractivity contribution >= 4 is 54.5 Å². The molecule has 15 aromatic rings. The Labute approximate surface area is 672 Å². The Bertz CT molecular complexity index is 4660. The highest BCUT2D eigenvalue weighted by molar-refractivity contribution is 7.98. The minimum absolute atomic E-state index is 0.0804. The molecule has 0 aliphatic heterocycles. The summed E-state index contributed by atoms with van der Waals surface area (Å²) in [5.41, 5.74) is 0. The van der Waals surface area contributed by atoms with E-state index >= 15 is 0 Å². The van der Waals surface area contributed by atoms with Crippen LogP contribution in [0.3, 0.4) is 0 Å². The molecular weight excluding hydrogens is 1460 g/mol. The van der Waals surface area contributed by atoms with Gasteiger partial charge in [-0.1, -0.05) is 222 Å². The van der Waals surface area contributed by atoms with E-state index in [1.165, 1.54) is 99.9 Å². The first kappa shape index (κ1) is 81.2. The third kappa shape index (κ3) is 25.1. The monoisotopic (exact) mass is 1550 g/mol. The van der Waals surface area contributed by atoms with Gasteiger partial charge in [0.1, 0.15) is 28.8 Å². The maximum atomic E-state index is 13.2. The zero-order valence-corrected chi connectivity index (χ0v) is 67.2. The SMILES string of the molecule is CCCCCCOc1ccc([S+](c2ccccc2)c2ccccc2)cc1.CCCCOc1ccc([S+](c2ccccc2)c2ccccc2)cc1.COc1ccc([S+](c2ccccc2)c2ccccc2)cc1.Fc1ccc([S+](c2ccccc2)c2ccccc2)cc1.Oc1ccc([S+](c2ccccc2)c2ccccc2)cc1. The summed E-state index contributed by atoms with van der Waals surface area (Å²) in [7, 11) is 1.12. The van der Waals surface area contributed by atoms with Crippen molar-refractivity contribution < 1.29 is 23.7 Å². The van der Waals surface area contributed by atoms with Gasteiger partial charge in [0.05, 0.1) is 74.8 Å². The predicted molar refractivity (Wildman–Crippen MR) is 466 cm³/mol. The zero-order valence-electron chi connectivity index (χ0n) is 63.2. The van der Waals surface area contributed by atoms with E-state index in [4.69, 9.17) is 14.2 Å². The third-order valence-electron chi connectivity index (χ3n) is 17.4. The fraction of sp³-hybridized carbons (Fsp3) is 0.109. The van der Waals surface area contributed by atoms with E-state index in [1.54, 1.807) is 19.2 Å². The fourth-order valence-corrected chi connectivity index (χ4v) is 22.3. The number of unbranched alkanes of at least 4 members (excludes halogenated alkanes) is 4. The number of aromatic hydroxyl groups is 1. The molecule has 556 valence electrons. The molecule has 10 heteroatoms. The average molecular weight is 1550 g/mol. The van der Waals surface area contributed by atoms with Crippen LogP contribution in [0.1, 0.15) is 52.4 Å². The van der Waals surface area contributed by atoms with E-state index < -0.39 is 0 Å². The van der Waals surface area contributed by atoms with Crippen molar-refractivity contribution in [3.05, 3.63) is 430 Å². The molecule has 0 fully saturated rings. The van der Waals surface area contributed by atoms with Gasteiger partial charge in [-0.3, -0.25) is 0 Å². The van der Waals surface area contributed by atoms with Crippen LogP contribution in [0, 0.1) is 5.82 Å². The Kier molecular flexibility index (Phi) is 33.2. The largest absolute Gasteiger partial charge is 0.508 e. The normalized spacial score (nSPS) is 10.7. The van der Waals surface area contributed by atoms with E-state index in [9.17, 15) is 9.50 Å². The van der Waals surface area contributed by atoms with Gasteiger partial charge in [0, 0.05) is 0 Å². The molecule has 0 aliphatic carbocycles. The molecule has 0 amide bonds. The molecule has 1 N–H and O–H groups in total. The van der Waals surface area contributed by atoms with Gasteiger partial charge in [0.2, 0.25) is 0 Å². The van der Waals surface area contributed by atoms with E-state index in [0.29, 0.717) is 5.75 Å². The Balaban J connectivity index is 0.000000138. The number of benzene rings is 15. The van der Waals surface area contributed by atoms with Crippen molar-refractivity contribution in [3.8, 4) is 23.0 Å². The number of methoxy groups -OCH3 is 1. The Morgan fingerprint density at radius 2 is 0.405 bits per heavy atom. The molecule has 0 bridgehead atoms. The van der Waals surface area contributed by atoms with Crippen LogP contribution < -0.4 is 14.2 Å². The van der Waals surface area contributed by atoms with Crippen LogP contribution in [0.2, 0.25) is 0 Å². The topological polar surface area (TPSA) is 47.9 Å². The molecule has 0 aliphatic rings. The lowest BCUT2D eigenvalue weighted by molar-refractivity contribution is 0.305. The Morgan fingerprint density at radius 1 is 0.216 bits per heavy atom. The predicted octanol–water partition coefficient (Wildman–Crippen LogP) is 26.9. The fourth-order valence-electron chi connectivity index (χ4n) is 11.9. The Morgan fingerprint density at radius 3 is 0.622 bits per heavy atom. The van der Waals surface area contributed by atoms with Crippen molar-refractivity contribution in [1.29, 1.82) is 0 Å².